The molecule has 0 unspecified atom stereocenters. The van der Waals surface area contributed by atoms with Gasteiger partial charge in [-0.05, 0) is 45.0 Å². The van der Waals surface area contributed by atoms with Gasteiger partial charge in [0.15, 0.2) is 5.75 Å². The number of rotatable bonds is 7. The maximum atomic E-state index is 13.4. The fraction of sp³-hybridized carbons (Fsp3) is 0.438. The Morgan fingerprint density at radius 1 is 1.38 bits per heavy atom. The highest BCUT2D eigenvalue weighted by atomic mass is 19.1. The molecule has 0 aliphatic heterocycles. The zero-order valence-corrected chi connectivity index (χ0v) is 12.8. The van der Waals surface area contributed by atoms with E-state index in [-0.39, 0.29) is 11.9 Å². The van der Waals surface area contributed by atoms with Gasteiger partial charge in [-0.15, -0.1) is 0 Å². The number of hydrogen-bond acceptors (Lipinski definition) is 3. The topological polar surface area (TPSA) is 39.1 Å². The van der Waals surface area contributed by atoms with Crippen molar-refractivity contribution in [3.8, 4) is 11.5 Å². The predicted molar refractivity (Wildman–Crippen MR) is 81.1 cm³/mol. The molecule has 2 aromatic rings. The first-order valence-corrected chi connectivity index (χ1v) is 7.31. The Morgan fingerprint density at radius 2 is 2.19 bits per heavy atom. The van der Waals surface area contributed by atoms with E-state index >= 15 is 0 Å². The Bertz CT molecular complexity index is 581. The summed E-state index contributed by atoms with van der Waals surface area (Å²) in [6, 6.07) is 4.85. The van der Waals surface area contributed by atoms with Gasteiger partial charge in [0.05, 0.1) is 12.4 Å². The molecule has 0 saturated heterocycles. The van der Waals surface area contributed by atoms with E-state index in [2.05, 4.69) is 31.2 Å². The van der Waals surface area contributed by atoms with Gasteiger partial charge in [0, 0.05) is 18.2 Å². The van der Waals surface area contributed by atoms with Crippen LogP contribution in [0.25, 0.3) is 0 Å². The van der Waals surface area contributed by atoms with Crippen molar-refractivity contribution in [2.24, 2.45) is 0 Å². The van der Waals surface area contributed by atoms with Crippen molar-refractivity contribution in [3.05, 3.63) is 42.0 Å². The van der Waals surface area contributed by atoms with Crippen molar-refractivity contribution in [1.29, 1.82) is 0 Å². The second kappa shape index (κ2) is 7.22. The largest absolute Gasteiger partial charge is 0.454 e. The second-order valence-corrected chi connectivity index (χ2v) is 5.28. The molecule has 2 rings (SSSR count). The minimum atomic E-state index is -0.256. The summed E-state index contributed by atoms with van der Waals surface area (Å²) >= 11 is 0. The Morgan fingerprint density at radius 3 is 2.86 bits per heavy atom. The molecule has 0 aliphatic rings. The fourth-order valence-electron chi connectivity index (χ4n) is 1.97. The zero-order valence-electron chi connectivity index (χ0n) is 12.8. The SMILES string of the molecule is CCCNCc1cc(F)ccc1Oc1cnn(C(C)C)c1. The third-order valence-electron chi connectivity index (χ3n) is 3.10. The zero-order chi connectivity index (χ0) is 15.2. The summed E-state index contributed by atoms with van der Waals surface area (Å²) in [4.78, 5) is 0. The molecule has 0 spiro atoms. The summed E-state index contributed by atoms with van der Waals surface area (Å²) < 4.78 is 21.1. The molecule has 0 radical (unpaired) electrons. The van der Waals surface area contributed by atoms with Crippen LogP contribution in [0.5, 0.6) is 11.5 Å². The molecule has 1 heterocycles. The van der Waals surface area contributed by atoms with Gasteiger partial charge in [-0.1, -0.05) is 6.92 Å². The molecule has 0 amide bonds. The Kier molecular flexibility index (Phi) is 5.33. The molecule has 4 nitrogen and oxygen atoms in total. The van der Waals surface area contributed by atoms with Crippen molar-refractivity contribution in [2.45, 2.75) is 39.8 Å². The first-order chi connectivity index (χ1) is 10.1. The molecule has 21 heavy (non-hydrogen) atoms. The molecular weight excluding hydrogens is 269 g/mol. The van der Waals surface area contributed by atoms with Gasteiger partial charge < -0.3 is 10.1 Å². The van der Waals surface area contributed by atoms with Gasteiger partial charge in [-0.25, -0.2) is 4.39 Å². The molecule has 0 saturated carbocycles. The quantitative estimate of drug-likeness (QED) is 0.786. The number of aromatic nitrogens is 2. The van der Waals surface area contributed by atoms with E-state index < -0.39 is 0 Å². The van der Waals surface area contributed by atoms with Gasteiger partial charge in [-0.3, -0.25) is 4.68 Å². The number of nitrogens with one attached hydrogen (secondary N) is 1. The van der Waals surface area contributed by atoms with Crippen LogP contribution in [-0.4, -0.2) is 16.3 Å². The number of benzene rings is 1. The molecule has 0 bridgehead atoms. The molecule has 1 N–H and O–H groups in total. The van der Waals surface area contributed by atoms with E-state index in [9.17, 15) is 4.39 Å². The van der Waals surface area contributed by atoms with Crippen LogP contribution in [0.3, 0.4) is 0 Å². The second-order valence-electron chi connectivity index (χ2n) is 5.28. The molecule has 114 valence electrons. The average molecular weight is 291 g/mol. The number of halogens is 1. The minimum absolute atomic E-state index is 0.256. The van der Waals surface area contributed by atoms with Crippen molar-refractivity contribution in [1.82, 2.24) is 15.1 Å². The van der Waals surface area contributed by atoms with Crippen LogP contribution >= 0.6 is 0 Å². The van der Waals surface area contributed by atoms with Crippen LogP contribution < -0.4 is 10.1 Å². The van der Waals surface area contributed by atoms with Crippen LogP contribution in [-0.2, 0) is 6.54 Å². The van der Waals surface area contributed by atoms with Crippen LogP contribution in [0.2, 0.25) is 0 Å². The molecule has 0 aliphatic carbocycles. The standard InChI is InChI=1S/C16H22FN3O/c1-4-7-18-9-13-8-14(17)5-6-16(13)21-15-10-19-20(11-15)12(2)3/h5-6,8,10-12,18H,4,7,9H2,1-3H3. The Hall–Kier alpha value is -1.88. The minimum Gasteiger partial charge on any atom is -0.454 e. The van der Waals surface area contributed by atoms with Crippen molar-refractivity contribution >= 4 is 0 Å². The summed E-state index contributed by atoms with van der Waals surface area (Å²) in [6.07, 6.45) is 4.55. The lowest BCUT2D eigenvalue weighted by Crippen LogP contribution is -2.14. The van der Waals surface area contributed by atoms with Crippen molar-refractivity contribution in [2.75, 3.05) is 6.54 Å². The maximum Gasteiger partial charge on any atom is 0.165 e. The first-order valence-electron chi connectivity index (χ1n) is 7.31. The van der Waals surface area contributed by atoms with Gasteiger partial charge in [0.1, 0.15) is 11.6 Å². The third kappa shape index (κ3) is 4.29. The highest BCUT2D eigenvalue weighted by molar-refractivity contribution is 5.37. The van der Waals surface area contributed by atoms with E-state index in [0.717, 1.165) is 18.5 Å². The van der Waals surface area contributed by atoms with E-state index in [1.807, 2.05) is 10.9 Å². The molecule has 1 aromatic carbocycles. The molecule has 0 atom stereocenters. The summed E-state index contributed by atoms with van der Waals surface area (Å²) in [5.74, 6) is 1.06. The van der Waals surface area contributed by atoms with Gasteiger partial charge in [-0.2, -0.15) is 5.10 Å². The van der Waals surface area contributed by atoms with Gasteiger partial charge >= 0.3 is 0 Å². The molecular formula is C16H22FN3O. The van der Waals surface area contributed by atoms with E-state index in [0.29, 0.717) is 18.0 Å². The summed E-state index contributed by atoms with van der Waals surface area (Å²) in [5.41, 5.74) is 0.806. The lowest BCUT2D eigenvalue weighted by molar-refractivity contribution is 0.465. The van der Waals surface area contributed by atoms with Crippen molar-refractivity contribution in [3.63, 3.8) is 0 Å². The lowest BCUT2D eigenvalue weighted by Gasteiger charge is -2.11. The van der Waals surface area contributed by atoms with Crippen LogP contribution in [0.15, 0.2) is 30.6 Å². The van der Waals surface area contributed by atoms with Crippen LogP contribution in [0.4, 0.5) is 4.39 Å². The molecule has 5 heteroatoms. The number of ether oxygens (including phenoxy) is 1. The fourth-order valence-corrected chi connectivity index (χ4v) is 1.97. The van der Waals surface area contributed by atoms with E-state index in [1.54, 1.807) is 12.3 Å². The molecule has 0 fully saturated rings. The Labute approximate surface area is 124 Å². The summed E-state index contributed by atoms with van der Waals surface area (Å²) in [7, 11) is 0. The number of hydrogen-bond donors (Lipinski definition) is 1. The van der Waals surface area contributed by atoms with Crippen LogP contribution in [0.1, 0.15) is 38.8 Å². The highest BCUT2D eigenvalue weighted by Crippen LogP contribution is 2.26. The summed E-state index contributed by atoms with van der Waals surface area (Å²) in [6.45, 7) is 7.67. The smallest absolute Gasteiger partial charge is 0.165 e. The summed E-state index contributed by atoms with van der Waals surface area (Å²) in [5, 5.41) is 7.50. The maximum absolute atomic E-state index is 13.4. The van der Waals surface area contributed by atoms with Gasteiger partial charge in [0.25, 0.3) is 0 Å². The normalized spacial score (nSPS) is 11.1. The lowest BCUT2D eigenvalue weighted by atomic mass is 10.2. The monoisotopic (exact) mass is 291 g/mol. The van der Waals surface area contributed by atoms with E-state index in [1.165, 1.54) is 12.1 Å². The van der Waals surface area contributed by atoms with Crippen molar-refractivity contribution < 1.29 is 9.13 Å². The number of nitrogens with zero attached hydrogens (tertiary/aromatic N) is 2. The highest BCUT2D eigenvalue weighted by Gasteiger charge is 2.09. The first kappa shape index (κ1) is 15.5. The van der Waals surface area contributed by atoms with E-state index in [4.69, 9.17) is 4.74 Å². The average Bonchev–Trinajstić information content (AvgIpc) is 2.91. The van der Waals surface area contributed by atoms with Gasteiger partial charge in [0.2, 0.25) is 0 Å². The predicted octanol–water partition coefficient (Wildman–Crippen LogP) is 3.90. The Balaban J connectivity index is 2.13. The third-order valence-corrected chi connectivity index (χ3v) is 3.10. The van der Waals surface area contributed by atoms with Crippen LogP contribution in [0, 0.1) is 5.82 Å². The molecule has 1 aromatic heterocycles.